The summed E-state index contributed by atoms with van der Waals surface area (Å²) in [5.74, 6) is -0.557. The van der Waals surface area contributed by atoms with Gasteiger partial charge in [0, 0.05) is 40.1 Å². The number of benzene rings is 1. The van der Waals surface area contributed by atoms with Crippen LogP contribution in [0.15, 0.2) is 58.3 Å². The third-order valence-electron chi connectivity index (χ3n) is 5.89. The van der Waals surface area contributed by atoms with Crippen LogP contribution in [0.4, 0.5) is 0 Å². The topological polar surface area (TPSA) is 84.9 Å². The highest BCUT2D eigenvalue weighted by Crippen LogP contribution is 2.47. The van der Waals surface area contributed by atoms with Gasteiger partial charge in [-0.2, -0.15) is 0 Å². The van der Waals surface area contributed by atoms with E-state index in [0.29, 0.717) is 47.6 Å². The molecule has 168 valence electrons. The molecule has 1 aromatic heterocycles. The standard InChI is InChI=1S/C25H27NO5S/c1-4-30-20-13-15(8-9-18(20)27)23-22(25(29)31-5-2)14(3)26-17-11-16(12-19(28)24(17)23)21-7-6-10-32-21/h6-10,13,16,23,26-27H,4-5,11-12H2,1-3H3/t16-,23-/m1/s1. The second-order valence-electron chi connectivity index (χ2n) is 7.91. The van der Waals surface area contributed by atoms with E-state index in [9.17, 15) is 14.7 Å². The van der Waals surface area contributed by atoms with Gasteiger partial charge in [0.1, 0.15) is 0 Å². The lowest BCUT2D eigenvalue weighted by Crippen LogP contribution is -2.36. The molecule has 1 aliphatic heterocycles. The maximum absolute atomic E-state index is 13.5. The van der Waals surface area contributed by atoms with Crippen LogP contribution in [0.5, 0.6) is 11.5 Å². The van der Waals surface area contributed by atoms with Gasteiger partial charge in [-0.05, 0) is 56.3 Å². The molecule has 1 aliphatic carbocycles. The number of thiophene rings is 1. The van der Waals surface area contributed by atoms with Crippen molar-refractivity contribution < 1.29 is 24.2 Å². The smallest absolute Gasteiger partial charge is 0.336 e. The first-order chi connectivity index (χ1) is 15.4. The average Bonchev–Trinajstić information content (AvgIpc) is 3.29. The van der Waals surface area contributed by atoms with Crippen molar-refractivity contribution in [1.29, 1.82) is 0 Å². The maximum Gasteiger partial charge on any atom is 0.336 e. The SMILES string of the molecule is CCOC(=O)C1=C(C)NC2=C(C(=O)C[C@H](c3cccs3)C2)[C@@H]1c1ccc(O)c(OCC)c1. The van der Waals surface area contributed by atoms with Gasteiger partial charge in [-0.15, -0.1) is 11.3 Å². The first-order valence-electron chi connectivity index (χ1n) is 10.8. The summed E-state index contributed by atoms with van der Waals surface area (Å²) < 4.78 is 10.9. The fourth-order valence-electron chi connectivity index (χ4n) is 4.56. The molecule has 0 radical (unpaired) electrons. The Kier molecular flexibility index (Phi) is 6.37. The van der Waals surface area contributed by atoms with E-state index in [1.165, 1.54) is 4.88 Å². The number of hydrogen-bond acceptors (Lipinski definition) is 7. The Morgan fingerprint density at radius 1 is 1.22 bits per heavy atom. The molecule has 1 aromatic carbocycles. The van der Waals surface area contributed by atoms with Crippen LogP contribution >= 0.6 is 11.3 Å². The predicted molar refractivity (Wildman–Crippen MR) is 123 cm³/mol. The number of ether oxygens (including phenoxy) is 2. The lowest BCUT2D eigenvalue weighted by Gasteiger charge is -2.36. The number of esters is 1. The Hall–Kier alpha value is -3.06. The first-order valence-corrected chi connectivity index (χ1v) is 11.7. The van der Waals surface area contributed by atoms with Crippen LogP contribution in [-0.2, 0) is 14.3 Å². The van der Waals surface area contributed by atoms with Crippen molar-refractivity contribution in [2.24, 2.45) is 0 Å². The highest BCUT2D eigenvalue weighted by atomic mass is 32.1. The normalized spacial score (nSPS) is 20.7. The minimum absolute atomic E-state index is 0.0162. The largest absolute Gasteiger partial charge is 0.504 e. The van der Waals surface area contributed by atoms with Gasteiger partial charge >= 0.3 is 5.97 Å². The van der Waals surface area contributed by atoms with Gasteiger partial charge in [-0.25, -0.2) is 4.79 Å². The summed E-state index contributed by atoms with van der Waals surface area (Å²) >= 11 is 1.66. The number of dihydropyridines is 1. The molecule has 32 heavy (non-hydrogen) atoms. The number of aromatic hydroxyl groups is 1. The van der Waals surface area contributed by atoms with Crippen LogP contribution in [0.3, 0.4) is 0 Å². The number of ketones is 1. The number of Topliss-reactive ketones (excluding diaryl/α,β-unsaturated/α-hetero) is 1. The third kappa shape index (κ3) is 4.05. The van der Waals surface area contributed by atoms with Crippen molar-refractivity contribution in [3.05, 3.63) is 68.7 Å². The highest BCUT2D eigenvalue weighted by molar-refractivity contribution is 7.10. The van der Waals surface area contributed by atoms with Gasteiger partial charge in [-0.1, -0.05) is 12.1 Å². The summed E-state index contributed by atoms with van der Waals surface area (Å²) in [6.45, 7) is 6.06. The molecule has 2 N–H and O–H groups in total. The molecule has 4 rings (SSSR count). The predicted octanol–water partition coefficient (Wildman–Crippen LogP) is 4.78. The van der Waals surface area contributed by atoms with E-state index in [0.717, 1.165) is 5.70 Å². The molecule has 0 bridgehead atoms. The van der Waals surface area contributed by atoms with Gasteiger partial charge < -0.3 is 19.9 Å². The van der Waals surface area contributed by atoms with E-state index >= 15 is 0 Å². The summed E-state index contributed by atoms with van der Waals surface area (Å²) in [6.07, 6.45) is 1.09. The van der Waals surface area contributed by atoms with Crippen LogP contribution in [-0.4, -0.2) is 30.1 Å². The van der Waals surface area contributed by atoms with Crippen molar-refractivity contribution in [1.82, 2.24) is 5.32 Å². The molecule has 2 atom stereocenters. The molecule has 7 heteroatoms. The Bertz CT molecular complexity index is 1100. The molecule has 2 heterocycles. The van der Waals surface area contributed by atoms with E-state index in [1.54, 1.807) is 36.5 Å². The Morgan fingerprint density at radius 3 is 2.72 bits per heavy atom. The molecule has 0 saturated heterocycles. The van der Waals surface area contributed by atoms with E-state index in [4.69, 9.17) is 9.47 Å². The number of allylic oxidation sites excluding steroid dienone is 3. The molecule has 2 aliphatic rings. The van der Waals surface area contributed by atoms with Gasteiger partial charge in [0.05, 0.1) is 18.8 Å². The number of rotatable bonds is 6. The number of carbonyl (C=O) groups is 2. The van der Waals surface area contributed by atoms with Crippen LogP contribution in [0.25, 0.3) is 0 Å². The molecule has 0 unspecified atom stereocenters. The molecule has 0 amide bonds. The Morgan fingerprint density at radius 2 is 2.03 bits per heavy atom. The zero-order valence-electron chi connectivity index (χ0n) is 18.4. The first kappa shape index (κ1) is 22.1. The average molecular weight is 454 g/mol. The second kappa shape index (κ2) is 9.20. The summed E-state index contributed by atoms with van der Waals surface area (Å²) in [6, 6.07) is 9.06. The molecule has 0 saturated carbocycles. The van der Waals surface area contributed by atoms with E-state index in [1.807, 2.05) is 25.3 Å². The fourth-order valence-corrected chi connectivity index (χ4v) is 5.39. The lowest BCUT2D eigenvalue weighted by molar-refractivity contribution is -0.138. The molecule has 0 spiro atoms. The number of hydrogen-bond donors (Lipinski definition) is 2. The molecular formula is C25H27NO5S. The van der Waals surface area contributed by atoms with Crippen molar-refractivity contribution in [2.45, 2.75) is 45.4 Å². The van der Waals surface area contributed by atoms with Crippen molar-refractivity contribution >= 4 is 23.1 Å². The van der Waals surface area contributed by atoms with Gasteiger partial charge in [-0.3, -0.25) is 4.79 Å². The third-order valence-corrected chi connectivity index (χ3v) is 6.92. The number of nitrogens with one attached hydrogen (secondary N) is 1. The zero-order valence-corrected chi connectivity index (χ0v) is 19.3. The maximum atomic E-state index is 13.5. The highest BCUT2D eigenvalue weighted by Gasteiger charge is 2.41. The van der Waals surface area contributed by atoms with Crippen LogP contribution < -0.4 is 10.1 Å². The quantitative estimate of drug-likeness (QED) is 0.613. The number of phenolic OH excluding ortho intramolecular Hbond substituents is 1. The van der Waals surface area contributed by atoms with Crippen LogP contribution in [0.1, 0.15) is 55.9 Å². The summed E-state index contributed by atoms with van der Waals surface area (Å²) in [4.78, 5) is 27.6. The monoisotopic (exact) mass is 453 g/mol. The Labute approximate surface area is 191 Å². The van der Waals surface area contributed by atoms with E-state index < -0.39 is 11.9 Å². The molecular weight excluding hydrogens is 426 g/mol. The Balaban J connectivity index is 1.83. The second-order valence-corrected chi connectivity index (χ2v) is 8.89. The fraction of sp³-hybridized carbons (Fsp3) is 0.360. The minimum Gasteiger partial charge on any atom is -0.504 e. The van der Waals surface area contributed by atoms with Crippen LogP contribution in [0, 0.1) is 0 Å². The summed E-state index contributed by atoms with van der Waals surface area (Å²) in [7, 11) is 0. The summed E-state index contributed by atoms with van der Waals surface area (Å²) in [5.41, 5.74) is 3.26. The minimum atomic E-state index is -0.582. The van der Waals surface area contributed by atoms with Gasteiger partial charge in [0.15, 0.2) is 17.3 Å². The molecule has 6 nitrogen and oxygen atoms in total. The van der Waals surface area contributed by atoms with E-state index in [2.05, 4.69) is 11.4 Å². The zero-order chi connectivity index (χ0) is 22.8. The van der Waals surface area contributed by atoms with Gasteiger partial charge in [0.2, 0.25) is 0 Å². The van der Waals surface area contributed by atoms with E-state index in [-0.39, 0.29) is 24.1 Å². The number of carbonyl (C=O) groups excluding carboxylic acids is 2. The molecule has 0 fully saturated rings. The van der Waals surface area contributed by atoms with Crippen molar-refractivity contribution in [3.8, 4) is 11.5 Å². The van der Waals surface area contributed by atoms with Gasteiger partial charge in [0.25, 0.3) is 0 Å². The lowest BCUT2D eigenvalue weighted by atomic mass is 9.72. The van der Waals surface area contributed by atoms with Crippen molar-refractivity contribution in [2.75, 3.05) is 13.2 Å². The van der Waals surface area contributed by atoms with Crippen molar-refractivity contribution in [3.63, 3.8) is 0 Å². The summed E-state index contributed by atoms with van der Waals surface area (Å²) in [5, 5.41) is 15.5. The molecule has 2 aromatic rings. The number of phenols is 1. The van der Waals surface area contributed by atoms with Crippen LogP contribution in [0.2, 0.25) is 0 Å².